The Hall–Kier alpha value is -1.35. The minimum Gasteiger partial charge on any atom is -0.262 e. The van der Waals surface area contributed by atoms with Gasteiger partial charge in [-0.05, 0) is 36.8 Å². The van der Waals surface area contributed by atoms with Crippen molar-refractivity contribution in [3.05, 3.63) is 41.4 Å². The zero-order valence-electron chi connectivity index (χ0n) is 9.68. The molecular formula is C13H14ClN3. The van der Waals surface area contributed by atoms with Crippen molar-refractivity contribution in [3.63, 3.8) is 0 Å². The second kappa shape index (κ2) is 4.15. The van der Waals surface area contributed by atoms with Gasteiger partial charge in [-0.25, -0.2) is 4.68 Å². The number of pyridine rings is 1. The van der Waals surface area contributed by atoms with Gasteiger partial charge in [0.25, 0.3) is 0 Å². The van der Waals surface area contributed by atoms with Crippen LogP contribution in [0.2, 0.25) is 5.15 Å². The third-order valence-corrected chi connectivity index (χ3v) is 3.73. The number of halogens is 1. The molecule has 0 aromatic carbocycles. The molecule has 0 radical (unpaired) electrons. The van der Waals surface area contributed by atoms with Crippen LogP contribution in [0.1, 0.15) is 18.9 Å². The molecule has 1 aliphatic rings. The Morgan fingerprint density at radius 3 is 3.00 bits per heavy atom. The van der Waals surface area contributed by atoms with Crippen LogP contribution in [-0.4, -0.2) is 14.8 Å². The van der Waals surface area contributed by atoms with Gasteiger partial charge >= 0.3 is 0 Å². The molecular weight excluding hydrogens is 234 g/mol. The Morgan fingerprint density at radius 1 is 1.53 bits per heavy atom. The number of nitrogens with zero attached hydrogens (tertiary/aromatic N) is 3. The first kappa shape index (κ1) is 10.8. The fourth-order valence-electron chi connectivity index (χ4n) is 2.11. The van der Waals surface area contributed by atoms with Crippen LogP contribution in [0.3, 0.4) is 0 Å². The van der Waals surface area contributed by atoms with Crippen molar-refractivity contribution in [3.8, 4) is 5.69 Å². The monoisotopic (exact) mass is 247 g/mol. The Morgan fingerprint density at radius 2 is 2.35 bits per heavy atom. The topological polar surface area (TPSA) is 30.7 Å². The molecule has 88 valence electrons. The maximum atomic E-state index is 6.16. The van der Waals surface area contributed by atoms with Gasteiger partial charge in [-0.3, -0.25) is 4.98 Å². The van der Waals surface area contributed by atoms with Crippen LogP contribution in [-0.2, 0) is 6.42 Å². The van der Waals surface area contributed by atoms with Crippen molar-refractivity contribution in [1.29, 1.82) is 0 Å². The van der Waals surface area contributed by atoms with E-state index in [2.05, 4.69) is 17.0 Å². The lowest BCUT2D eigenvalue weighted by molar-refractivity contribution is 0.746. The number of aromatic nitrogens is 3. The van der Waals surface area contributed by atoms with Gasteiger partial charge in [0, 0.05) is 18.0 Å². The van der Waals surface area contributed by atoms with E-state index in [0.29, 0.717) is 5.15 Å². The number of hydrogen-bond donors (Lipinski definition) is 0. The Bertz CT molecular complexity index is 521. The lowest BCUT2D eigenvalue weighted by Gasteiger charge is -1.98. The summed E-state index contributed by atoms with van der Waals surface area (Å²) in [7, 11) is 0. The summed E-state index contributed by atoms with van der Waals surface area (Å²) in [5, 5.41) is 4.95. The second-order valence-corrected chi connectivity index (χ2v) is 5.14. The predicted octanol–water partition coefficient (Wildman–Crippen LogP) is 3.12. The average Bonchev–Trinajstić information content (AvgIpc) is 2.90. The fourth-order valence-corrected chi connectivity index (χ4v) is 2.32. The zero-order chi connectivity index (χ0) is 11.8. The summed E-state index contributed by atoms with van der Waals surface area (Å²) in [6, 6.07) is 3.87. The molecule has 2 atom stereocenters. The van der Waals surface area contributed by atoms with Gasteiger partial charge in [-0.2, -0.15) is 5.10 Å². The third-order valence-electron chi connectivity index (χ3n) is 3.41. The van der Waals surface area contributed by atoms with E-state index in [4.69, 9.17) is 11.6 Å². The van der Waals surface area contributed by atoms with Gasteiger partial charge in [0.05, 0.1) is 11.9 Å². The van der Waals surface area contributed by atoms with E-state index in [1.54, 1.807) is 17.1 Å². The molecule has 0 aliphatic heterocycles. The molecule has 0 amide bonds. The van der Waals surface area contributed by atoms with Crippen LogP contribution in [0, 0.1) is 11.8 Å². The quantitative estimate of drug-likeness (QED) is 0.834. The summed E-state index contributed by atoms with van der Waals surface area (Å²) >= 11 is 6.16. The van der Waals surface area contributed by atoms with E-state index in [-0.39, 0.29) is 0 Å². The van der Waals surface area contributed by atoms with Crippen molar-refractivity contribution in [1.82, 2.24) is 14.8 Å². The molecule has 0 spiro atoms. The highest BCUT2D eigenvalue weighted by molar-refractivity contribution is 6.30. The molecule has 2 heterocycles. The summed E-state index contributed by atoms with van der Waals surface area (Å²) in [6.07, 6.45) is 7.91. The minimum atomic E-state index is 0.618. The first-order valence-electron chi connectivity index (χ1n) is 5.88. The van der Waals surface area contributed by atoms with Gasteiger partial charge in [-0.1, -0.05) is 18.5 Å². The highest BCUT2D eigenvalue weighted by atomic mass is 35.5. The van der Waals surface area contributed by atoms with E-state index in [1.807, 2.05) is 18.3 Å². The Balaban J connectivity index is 1.85. The van der Waals surface area contributed by atoms with E-state index in [1.165, 1.54) is 6.42 Å². The molecule has 0 saturated heterocycles. The molecule has 1 saturated carbocycles. The maximum Gasteiger partial charge on any atom is 0.154 e. The Kier molecular flexibility index (Phi) is 2.63. The molecule has 0 N–H and O–H groups in total. The summed E-state index contributed by atoms with van der Waals surface area (Å²) in [4.78, 5) is 4.08. The smallest absolute Gasteiger partial charge is 0.154 e. The number of hydrogen-bond acceptors (Lipinski definition) is 2. The van der Waals surface area contributed by atoms with Gasteiger partial charge < -0.3 is 0 Å². The standard InChI is InChI=1S/C13H14ClN3/c1-9-5-10(9)6-11-8-17(16-13(11)14)12-3-2-4-15-7-12/h2-4,7-10H,5-6H2,1H3. The van der Waals surface area contributed by atoms with E-state index in [0.717, 1.165) is 29.5 Å². The van der Waals surface area contributed by atoms with E-state index >= 15 is 0 Å². The lowest BCUT2D eigenvalue weighted by atomic mass is 10.1. The van der Waals surface area contributed by atoms with Crippen molar-refractivity contribution in [2.24, 2.45) is 11.8 Å². The number of rotatable bonds is 3. The minimum absolute atomic E-state index is 0.618. The maximum absolute atomic E-state index is 6.16. The molecule has 17 heavy (non-hydrogen) atoms. The molecule has 4 heteroatoms. The normalized spacial score (nSPS) is 22.7. The van der Waals surface area contributed by atoms with Crippen molar-refractivity contribution in [2.45, 2.75) is 19.8 Å². The lowest BCUT2D eigenvalue weighted by Crippen LogP contribution is -1.94. The van der Waals surface area contributed by atoms with Crippen LogP contribution in [0.15, 0.2) is 30.7 Å². The molecule has 1 aliphatic carbocycles. The van der Waals surface area contributed by atoms with E-state index in [9.17, 15) is 0 Å². The van der Waals surface area contributed by atoms with Gasteiger partial charge in [0.15, 0.2) is 5.15 Å². The van der Waals surface area contributed by atoms with Crippen LogP contribution in [0.25, 0.3) is 5.69 Å². The molecule has 2 aromatic rings. The van der Waals surface area contributed by atoms with E-state index < -0.39 is 0 Å². The molecule has 2 unspecified atom stereocenters. The second-order valence-electron chi connectivity index (χ2n) is 4.78. The molecule has 0 bridgehead atoms. The Labute approximate surface area is 105 Å². The van der Waals surface area contributed by atoms with Crippen molar-refractivity contribution >= 4 is 11.6 Å². The van der Waals surface area contributed by atoms with Crippen LogP contribution < -0.4 is 0 Å². The van der Waals surface area contributed by atoms with Gasteiger partial charge in [0.2, 0.25) is 0 Å². The van der Waals surface area contributed by atoms with Gasteiger partial charge in [0.1, 0.15) is 0 Å². The molecule has 2 aromatic heterocycles. The highest BCUT2D eigenvalue weighted by Gasteiger charge is 2.33. The molecule has 1 fully saturated rings. The van der Waals surface area contributed by atoms with Crippen molar-refractivity contribution < 1.29 is 0 Å². The fraction of sp³-hybridized carbons (Fsp3) is 0.385. The predicted molar refractivity (Wildman–Crippen MR) is 67.3 cm³/mol. The van der Waals surface area contributed by atoms with Crippen molar-refractivity contribution in [2.75, 3.05) is 0 Å². The average molecular weight is 248 g/mol. The van der Waals surface area contributed by atoms with Gasteiger partial charge in [-0.15, -0.1) is 0 Å². The molecule has 3 rings (SSSR count). The van der Waals surface area contributed by atoms with Crippen LogP contribution in [0.4, 0.5) is 0 Å². The zero-order valence-corrected chi connectivity index (χ0v) is 10.4. The highest BCUT2D eigenvalue weighted by Crippen LogP contribution is 2.41. The SMILES string of the molecule is CC1CC1Cc1cn(-c2cccnc2)nc1Cl. The summed E-state index contributed by atoms with van der Waals surface area (Å²) in [5.74, 6) is 1.63. The summed E-state index contributed by atoms with van der Waals surface area (Å²) in [5.41, 5.74) is 2.09. The first-order chi connectivity index (χ1) is 8.24. The summed E-state index contributed by atoms with van der Waals surface area (Å²) < 4.78 is 1.80. The van der Waals surface area contributed by atoms with Crippen LogP contribution >= 0.6 is 11.6 Å². The largest absolute Gasteiger partial charge is 0.262 e. The first-order valence-corrected chi connectivity index (χ1v) is 6.26. The molecule has 3 nitrogen and oxygen atoms in total. The third kappa shape index (κ3) is 2.20. The summed E-state index contributed by atoms with van der Waals surface area (Å²) in [6.45, 7) is 2.28. The van der Waals surface area contributed by atoms with Crippen LogP contribution in [0.5, 0.6) is 0 Å².